The molecule has 14 heteroatoms. The molecule has 0 bridgehead atoms. The molecule has 9 nitrogen and oxygen atoms in total. The monoisotopic (exact) mass is 610 g/mol. The van der Waals surface area contributed by atoms with E-state index < -0.39 is 24.3 Å². The fraction of sp³-hybridized carbons (Fsp3) is 0.333. The van der Waals surface area contributed by atoms with Crippen LogP contribution in [0.25, 0.3) is 16.9 Å². The number of hydrogen-bond donors (Lipinski definition) is 2. The van der Waals surface area contributed by atoms with Gasteiger partial charge in [0.2, 0.25) is 11.8 Å². The topological polar surface area (TPSA) is 121 Å². The number of imidazole rings is 1. The van der Waals surface area contributed by atoms with Crippen molar-refractivity contribution in [3.63, 3.8) is 0 Å². The molecule has 5 rings (SSSR count). The van der Waals surface area contributed by atoms with Crippen LogP contribution in [0.4, 0.5) is 13.2 Å². The molecule has 0 radical (unpaired) electrons. The summed E-state index contributed by atoms with van der Waals surface area (Å²) in [6.07, 6.45) is 3.30. The third-order valence-electron chi connectivity index (χ3n) is 6.92. The van der Waals surface area contributed by atoms with Gasteiger partial charge in [-0.05, 0) is 62.3 Å². The number of halogens is 5. The fourth-order valence-corrected chi connectivity index (χ4v) is 5.08. The molecule has 0 aliphatic heterocycles. The second kappa shape index (κ2) is 12.1. The van der Waals surface area contributed by atoms with Crippen LogP contribution in [0.3, 0.4) is 0 Å². The van der Waals surface area contributed by atoms with Gasteiger partial charge in [-0.3, -0.25) is 9.20 Å². The van der Waals surface area contributed by atoms with Gasteiger partial charge in [0, 0.05) is 29.2 Å². The van der Waals surface area contributed by atoms with Gasteiger partial charge in [-0.2, -0.15) is 18.3 Å². The number of carboxylic acid groups (broad SMARTS) is 1. The second-order valence-electron chi connectivity index (χ2n) is 9.76. The van der Waals surface area contributed by atoms with E-state index >= 15 is 0 Å². The maximum atomic E-state index is 14.5. The Balaban J connectivity index is 0.00000387. The van der Waals surface area contributed by atoms with E-state index in [1.165, 1.54) is 29.1 Å². The zero-order valence-corrected chi connectivity index (χ0v) is 23.3. The van der Waals surface area contributed by atoms with Gasteiger partial charge in [0.1, 0.15) is 6.04 Å². The Morgan fingerprint density at radius 1 is 1.27 bits per heavy atom. The van der Waals surface area contributed by atoms with Crippen molar-refractivity contribution >= 4 is 41.2 Å². The molecular formula is C27H27Cl2F3N6O3. The Morgan fingerprint density at radius 2 is 2.05 bits per heavy atom. The smallest absolute Gasteiger partial charge is 0.429 e. The number of alkyl halides is 3. The molecule has 0 saturated carbocycles. The number of aromatic nitrogens is 5. The molecule has 0 fully saturated rings. The molecule has 218 valence electrons. The first kappa shape index (κ1) is 30.4. The Morgan fingerprint density at radius 3 is 2.68 bits per heavy atom. The van der Waals surface area contributed by atoms with Crippen molar-refractivity contribution in [3.8, 4) is 11.6 Å². The molecule has 3 atom stereocenters. The van der Waals surface area contributed by atoms with Gasteiger partial charge in [0.25, 0.3) is 5.88 Å². The zero-order chi connectivity index (χ0) is 28.6. The van der Waals surface area contributed by atoms with Crippen LogP contribution in [0.1, 0.15) is 48.7 Å². The summed E-state index contributed by atoms with van der Waals surface area (Å²) in [5.74, 6) is -1.18. The van der Waals surface area contributed by atoms with Crippen molar-refractivity contribution < 1.29 is 27.8 Å². The van der Waals surface area contributed by atoms with Crippen molar-refractivity contribution in [1.82, 2.24) is 24.1 Å². The van der Waals surface area contributed by atoms with Gasteiger partial charge < -0.3 is 15.6 Å². The van der Waals surface area contributed by atoms with E-state index in [1.54, 1.807) is 36.0 Å². The number of benzene rings is 1. The number of nitrogens with two attached hydrogens (primary N) is 1. The van der Waals surface area contributed by atoms with Crippen LogP contribution in [-0.2, 0) is 4.79 Å². The molecule has 3 heterocycles. The third kappa shape index (κ3) is 6.50. The summed E-state index contributed by atoms with van der Waals surface area (Å²) in [5.41, 5.74) is 8.04. The molecular weight excluding hydrogens is 584 g/mol. The molecule has 1 aliphatic carbocycles. The first-order valence-electron chi connectivity index (χ1n) is 12.6. The van der Waals surface area contributed by atoms with Gasteiger partial charge in [-0.15, -0.1) is 12.4 Å². The number of nitrogens with zero attached hydrogens (tertiary/aromatic N) is 5. The van der Waals surface area contributed by atoms with Crippen molar-refractivity contribution in [3.05, 3.63) is 77.1 Å². The van der Waals surface area contributed by atoms with Crippen LogP contribution in [0.2, 0.25) is 5.02 Å². The molecule has 0 spiro atoms. The largest absolute Gasteiger partial charge is 0.480 e. The summed E-state index contributed by atoms with van der Waals surface area (Å²) in [5, 5.41) is 13.6. The van der Waals surface area contributed by atoms with Crippen LogP contribution in [0.5, 0.6) is 5.88 Å². The van der Waals surface area contributed by atoms with Gasteiger partial charge in [-0.25, -0.2) is 14.6 Å². The first-order valence-corrected chi connectivity index (χ1v) is 12.9. The van der Waals surface area contributed by atoms with E-state index in [9.17, 15) is 18.0 Å². The number of fused-ring (bicyclic) bond motifs is 1. The van der Waals surface area contributed by atoms with E-state index in [0.29, 0.717) is 30.7 Å². The summed E-state index contributed by atoms with van der Waals surface area (Å²) in [4.78, 5) is 19.5. The molecule has 0 saturated heterocycles. The SMILES string of the molecule is Cc1ccn(-c2cc(Cl)ccc2C(Oc2nccn3c(C4=CCC(CC(N)C(=O)O)CC4)cnc23)C(F)(F)F)n1.Cl. The summed E-state index contributed by atoms with van der Waals surface area (Å²) in [7, 11) is 0. The minimum Gasteiger partial charge on any atom is -0.480 e. The minimum atomic E-state index is -4.80. The molecule has 3 N–H and O–H groups in total. The van der Waals surface area contributed by atoms with Crippen molar-refractivity contribution in [2.75, 3.05) is 0 Å². The average molecular weight is 611 g/mol. The van der Waals surface area contributed by atoms with Crippen molar-refractivity contribution in [2.24, 2.45) is 11.7 Å². The van der Waals surface area contributed by atoms with E-state index in [0.717, 1.165) is 12.0 Å². The first-order chi connectivity index (χ1) is 19.0. The average Bonchev–Trinajstić information content (AvgIpc) is 3.54. The normalized spacial score (nSPS) is 17.0. The summed E-state index contributed by atoms with van der Waals surface area (Å²) in [6, 6.07) is 4.79. The lowest BCUT2D eigenvalue weighted by Gasteiger charge is -2.24. The van der Waals surface area contributed by atoms with Crippen molar-refractivity contribution in [2.45, 2.75) is 50.9 Å². The highest BCUT2D eigenvalue weighted by atomic mass is 35.5. The standard InChI is InChI=1S/C27H26ClF3N6O3.ClH/c1-15-8-10-37(35-15)21-13-18(28)6-7-19(21)23(27(29,30)31)40-25-24-34-14-22(36(24)11-9-33-25)17-4-2-16(3-5-17)12-20(32)26(38)39;/h4,6-11,13-14,16,20,23H,2-3,5,12,32H2,1H3,(H,38,39);1H. The van der Waals surface area contributed by atoms with Gasteiger partial charge in [0.15, 0.2) is 0 Å². The predicted molar refractivity (Wildman–Crippen MR) is 149 cm³/mol. The highest BCUT2D eigenvalue weighted by Gasteiger charge is 2.45. The zero-order valence-electron chi connectivity index (χ0n) is 21.8. The highest BCUT2D eigenvalue weighted by molar-refractivity contribution is 6.30. The Hall–Kier alpha value is -3.61. The predicted octanol–water partition coefficient (Wildman–Crippen LogP) is 5.97. The van der Waals surface area contributed by atoms with Gasteiger partial charge >= 0.3 is 12.1 Å². The van der Waals surface area contributed by atoms with E-state index in [-0.39, 0.29) is 46.1 Å². The Bertz CT molecular complexity index is 1590. The van der Waals surface area contributed by atoms with Crippen molar-refractivity contribution in [1.29, 1.82) is 0 Å². The Labute approximate surface area is 244 Å². The number of aliphatic carboxylic acids is 1. The summed E-state index contributed by atoms with van der Waals surface area (Å²) in [6.45, 7) is 1.73. The van der Waals surface area contributed by atoms with E-state index in [2.05, 4.69) is 15.1 Å². The van der Waals surface area contributed by atoms with Crippen LogP contribution in [0.15, 0.2) is 55.1 Å². The number of ether oxygens (including phenoxy) is 1. The molecule has 3 unspecified atom stereocenters. The number of rotatable bonds is 8. The number of hydrogen-bond acceptors (Lipinski definition) is 6. The second-order valence-corrected chi connectivity index (χ2v) is 10.2. The fourth-order valence-electron chi connectivity index (χ4n) is 4.92. The van der Waals surface area contributed by atoms with E-state index in [1.807, 2.05) is 6.08 Å². The van der Waals surface area contributed by atoms with Crippen LogP contribution >= 0.6 is 24.0 Å². The number of carboxylic acids is 1. The Kier molecular flexibility index (Phi) is 8.95. The van der Waals surface area contributed by atoms with Gasteiger partial charge in [-0.1, -0.05) is 23.7 Å². The summed E-state index contributed by atoms with van der Waals surface area (Å²) < 4.78 is 52.0. The lowest BCUT2D eigenvalue weighted by atomic mass is 9.84. The van der Waals surface area contributed by atoms with Gasteiger partial charge in [0.05, 0.1) is 23.3 Å². The van der Waals surface area contributed by atoms with Crippen LogP contribution in [-0.4, -0.2) is 47.4 Å². The molecule has 3 aromatic heterocycles. The minimum absolute atomic E-state index is 0. The van der Waals surface area contributed by atoms with Crippen LogP contribution < -0.4 is 10.5 Å². The molecule has 0 amide bonds. The maximum absolute atomic E-state index is 14.5. The lowest BCUT2D eigenvalue weighted by Crippen LogP contribution is -2.32. The quantitative estimate of drug-likeness (QED) is 0.252. The third-order valence-corrected chi connectivity index (χ3v) is 7.15. The summed E-state index contributed by atoms with van der Waals surface area (Å²) >= 11 is 6.13. The molecule has 4 aromatic rings. The lowest BCUT2D eigenvalue weighted by molar-refractivity contribution is -0.198. The number of allylic oxidation sites excluding steroid dienone is 2. The maximum Gasteiger partial charge on any atom is 0.429 e. The highest BCUT2D eigenvalue weighted by Crippen LogP contribution is 2.41. The molecule has 1 aromatic carbocycles. The molecule has 41 heavy (non-hydrogen) atoms. The number of aryl methyl sites for hydroxylation is 1. The number of carbonyl (C=O) groups is 1. The van der Waals surface area contributed by atoms with Crippen LogP contribution in [0, 0.1) is 12.8 Å². The van der Waals surface area contributed by atoms with E-state index in [4.69, 9.17) is 27.2 Å². The molecule has 1 aliphatic rings.